The number of alkyl halides is 6. The van der Waals surface area contributed by atoms with E-state index in [1.807, 2.05) is 0 Å². The molecule has 1 saturated heterocycles. The summed E-state index contributed by atoms with van der Waals surface area (Å²) in [5, 5.41) is 19.5. The number of rotatable bonds is 8. The standard InChI is InChI=1S/C29H23ClF6N2O5/c30-21-7-2-1-5-20(21)22-8-9-23(25(39)40)38(22)26(41)27(43-16-29(34,35)36)12-10-17(11-13-27)19-6-3-4-18(14-37)24(19)42-15-28(31,32)33/h1-7,10-12,22-23H,8-9,13,15-16H2,(H,39,40)/t22-,23+,27?/m1/s1. The van der Waals surface area contributed by atoms with Gasteiger partial charge in [0.25, 0.3) is 5.91 Å². The highest BCUT2D eigenvalue weighted by Crippen LogP contribution is 2.44. The smallest absolute Gasteiger partial charge is 0.422 e. The first-order chi connectivity index (χ1) is 20.2. The van der Waals surface area contributed by atoms with Gasteiger partial charge in [-0.1, -0.05) is 54.1 Å². The van der Waals surface area contributed by atoms with Crippen molar-refractivity contribution in [1.29, 1.82) is 5.26 Å². The lowest BCUT2D eigenvalue weighted by Gasteiger charge is -2.39. The molecule has 228 valence electrons. The molecule has 14 heteroatoms. The van der Waals surface area contributed by atoms with Gasteiger partial charge >= 0.3 is 18.3 Å². The summed E-state index contributed by atoms with van der Waals surface area (Å²) in [4.78, 5) is 27.2. The number of carbonyl (C=O) groups excluding carboxylic acids is 1. The number of carbonyl (C=O) groups is 2. The van der Waals surface area contributed by atoms with Crippen LogP contribution in [0.15, 0.2) is 60.7 Å². The largest absolute Gasteiger partial charge is 0.482 e. The monoisotopic (exact) mass is 628 g/mol. The number of hydrogen-bond donors (Lipinski definition) is 1. The van der Waals surface area contributed by atoms with Gasteiger partial charge in [0.15, 0.2) is 12.2 Å². The van der Waals surface area contributed by atoms with Gasteiger partial charge in [-0.05, 0) is 42.2 Å². The van der Waals surface area contributed by atoms with E-state index in [0.29, 0.717) is 5.56 Å². The second kappa shape index (κ2) is 12.3. The Morgan fingerprint density at radius 3 is 2.33 bits per heavy atom. The van der Waals surface area contributed by atoms with E-state index in [0.717, 1.165) is 11.0 Å². The summed E-state index contributed by atoms with van der Waals surface area (Å²) >= 11 is 6.33. The second-order valence-electron chi connectivity index (χ2n) is 9.87. The number of hydrogen-bond acceptors (Lipinski definition) is 5. The average Bonchev–Trinajstić information content (AvgIpc) is 3.39. The summed E-state index contributed by atoms with van der Waals surface area (Å²) in [6.07, 6.45) is -6.51. The van der Waals surface area contributed by atoms with Crippen LogP contribution in [0.1, 0.15) is 42.0 Å². The van der Waals surface area contributed by atoms with Crippen LogP contribution in [0, 0.1) is 11.3 Å². The Balaban J connectivity index is 1.75. The fraction of sp³-hybridized carbons (Fsp3) is 0.345. The van der Waals surface area contributed by atoms with Gasteiger partial charge in [-0.3, -0.25) is 4.79 Å². The number of halogens is 7. The molecule has 0 saturated carbocycles. The lowest BCUT2D eigenvalue weighted by molar-refractivity contribution is -0.203. The number of benzene rings is 2. The molecule has 1 amide bonds. The van der Waals surface area contributed by atoms with Gasteiger partial charge in [-0.2, -0.15) is 31.6 Å². The van der Waals surface area contributed by atoms with E-state index in [1.165, 1.54) is 36.4 Å². The molecule has 0 radical (unpaired) electrons. The highest BCUT2D eigenvalue weighted by Gasteiger charge is 2.51. The Bertz CT molecular complexity index is 1500. The molecule has 1 heterocycles. The molecule has 1 fully saturated rings. The van der Waals surface area contributed by atoms with Crippen molar-refractivity contribution in [2.24, 2.45) is 0 Å². The molecule has 3 atom stereocenters. The van der Waals surface area contributed by atoms with Gasteiger partial charge in [0.05, 0.1) is 11.6 Å². The summed E-state index contributed by atoms with van der Waals surface area (Å²) in [5.74, 6) is -2.83. The zero-order valence-electron chi connectivity index (χ0n) is 22.1. The SMILES string of the molecule is N#Cc1cccc(C2=CCC(OCC(F)(F)F)(C(=O)N3[C@@H](c4ccccc4Cl)CC[C@H]3C(=O)O)C=C2)c1OCC(F)(F)F. The van der Waals surface area contributed by atoms with Crippen molar-refractivity contribution in [3.05, 3.63) is 82.4 Å². The van der Waals surface area contributed by atoms with Crippen LogP contribution in [0.4, 0.5) is 26.3 Å². The maximum atomic E-state index is 14.1. The average molecular weight is 629 g/mol. The number of likely N-dealkylation sites (tertiary alicyclic amines) is 1. The first-order valence-electron chi connectivity index (χ1n) is 12.8. The molecule has 0 bridgehead atoms. The van der Waals surface area contributed by atoms with Gasteiger partial charge in [0.2, 0.25) is 0 Å². The molecule has 1 N–H and O–H groups in total. The molecule has 0 spiro atoms. The Hall–Kier alpha value is -4.02. The highest BCUT2D eigenvalue weighted by atomic mass is 35.5. The third-order valence-electron chi connectivity index (χ3n) is 7.01. The van der Waals surface area contributed by atoms with Gasteiger partial charge in [0, 0.05) is 17.0 Å². The highest BCUT2D eigenvalue weighted by molar-refractivity contribution is 6.31. The van der Waals surface area contributed by atoms with E-state index in [1.54, 1.807) is 24.3 Å². The maximum Gasteiger partial charge on any atom is 0.422 e. The number of para-hydroxylation sites is 1. The number of aliphatic carboxylic acids is 1. The van der Waals surface area contributed by atoms with Crippen LogP contribution in [-0.2, 0) is 14.3 Å². The first kappa shape index (κ1) is 31.9. The minimum atomic E-state index is -4.86. The van der Waals surface area contributed by atoms with Crippen LogP contribution in [0.25, 0.3) is 5.57 Å². The van der Waals surface area contributed by atoms with E-state index in [4.69, 9.17) is 21.1 Å². The molecule has 4 rings (SSSR count). The summed E-state index contributed by atoms with van der Waals surface area (Å²) in [6, 6.07) is 9.79. The van der Waals surface area contributed by atoms with Gasteiger partial charge < -0.3 is 19.5 Å². The summed E-state index contributed by atoms with van der Waals surface area (Å²) in [5.41, 5.74) is -1.97. The molecular formula is C29H23ClF6N2O5. The number of amides is 1. The van der Waals surface area contributed by atoms with Crippen molar-refractivity contribution < 1.29 is 50.5 Å². The predicted octanol–water partition coefficient (Wildman–Crippen LogP) is 6.63. The Morgan fingerprint density at radius 2 is 1.74 bits per heavy atom. The van der Waals surface area contributed by atoms with Crippen molar-refractivity contribution >= 4 is 29.1 Å². The zero-order valence-corrected chi connectivity index (χ0v) is 22.8. The number of ether oxygens (including phenoxy) is 2. The quantitative estimate of drug-likeness (QED) is 0.330. The molecular weight excluding hydrogens is 606 g/mol. The van der Waals surface area contributed by atoms with Crippen LogP contribution in [0.5, 0.6) is 5.75 Å². The number of nitrogens with zero attached hydrogens (tertiary/aromatic N) is 2. The van der Waals surface area contributed by atoms with E-state index >= 15 is 0 Å². The summed E-state index contributed by atoms with van der Waals surface area (Å²) in [6.45, 7) is -3.56. The van der Waals surface area contributed by atoms with Crippen LogP contribution < -0.4 is 4.74 Å². The Labute approximate surface area is 246 Å². The molecule has 1 unspecified atom stereocenters. The lowest BCUT2D eigenvalue weighted by Crippen LogP contribution is -2.54. The van der Waals surface area contributed by atoms with Crippen molar-refractivity contribution in [3.63, 3.8) is 0 Å². The number of allylic oxidation sites excluding steroid dienone is 2. The van der Waals surface area contributed by atoms with E-state index < -0.39 is 67.3 Å². The molecule has 43 heavy (non-hydrogen) atoms. The van der Waals surface area contributed by atoms with Crippen LogP contribution >= 0.6 is 11.6 Å². The van der Waals surface area contributed by atoms with Crippen molar-refractivity contribution in [3.8, 4) is 11.8 Å². The van der Waals surface area contributed by atoms with Crippen molar-refractivity contribution in [1.82, 2.24) is 4.90 Å². The molecule has 7 nitrogen and oxygen atoms in total. The van der Waals surface area contributed by atoms with Crippen LogP contribution in [-0.4, -0.2) is 59.1 Å². The fourth-order valence-corrected chi connectivity index (χ4v) is 5.39. The van der Waals surface area contributed by atoms with Crippen LogP contribution in [0.3, 0.4) is 0 Å². The first-order valence-corrected chi connectivity index (χ1v) is 13.2. The minimum absolute atomic E-state index is 0.00201. The number of carboxylic acid groups (broad SMARTS) is 1. The van der Waals surface area contributed by atoms with Crippen molar-refractivity contribution in [2.75, 3.05) is 13.2 Å². The molecule has 0 aromatic heterocycles. The maximum absolute atomic E-state index is 14.1. The van der Waals surface area contributed by atoms with Crippen LogP contribution in [0.2, 0.25) is 5.02 Å². The Kier molecular flexibility index (Phi) is 9.13. The minimum Gasteiger partial charge on any atom is -0.482 e. The number of carboxylic acids is 1. The third kappa shape index (κ3) is 7.14. The van der Waals surface area contributed by atoms with Crippen molar-refractivity contribution in [2.45, 2.75) is 49.3 Å². The van der Waals surface area contributed by atoms with E-state index in [9.17, 15) is 46.3 Å². The number of nitriles is 1. The summed E-state index contributed by atoms with van der Waals surface area (Å²) in [7, 11) is 0. The van der Waals surface area contributed by atoms with Gasteiger partial charge in [0.1, 0.15) is 24.5 Å². The molecule has 1 aliphatic heterocycles. The molecule has 2 aromatic rings. The van der Waals surface area contributed by atoms with E-state index in [-0.39, 0.29) is 34.6 Å². The molecule has 2 aromatic carbocycles. The summed E-state index contributed by atoms with van der Waals surface area (Å²) < 4.78 is 88.8. The van der Waals surface area contributed by atoms with Gasteiger partial charge in [-0.15, -0.1) is 0 Å². The molecule has 2 aliphatic rings. The topological polar surface area (TPSA) is 99.9 Å². The van der Waals surface area contributed by atoms with E-state index in [2.05, 4.69) is 0 Å². The lowest BCUT2D eigenvalue weighted by atomic mass is 9.86. The second-order valence-corrected chi connectivity index (χ2v) is 10.3. The third-order valence-corrected chi connectivity index (χ3v) is 7.35. The predicted molar refractivity (Wildman–Crippen MR) is 141 cm³/mol. The fourth-order valence-electron chi connectivity index (χ4n) is 5.13. The molecule has 1 aliphatic carbocycles. The Morgan fingerprint density at radius 1 is 1.05 bits per heavy atom. The normalized spacial score (nSPS) is 22.2. The zero-order chi connectivity index (χ0) is 31.6. The van der Waals surface area contributed by atoms with Gasteiger partial charge in [-0.25, -0.2) is 4.79 Å².